The molecule has 0 radical (unpaired) electrons. The number of carboxylic acid groups (broad SMARTS) is 2. The molecule has 3 amide bonds. The van der Waals surface area contributed by atoms with E-state index in [1.807, 2.05) is 37.3 Å². The molecule has 0 spiro atoms. The summed E-state index contributed by atoms with van der Waals surface area (Å²) in [6.45, 7) is 1.67. The molecule has 15 heteroatoms. The summed E-state index contributed by atoms with van der Waals surface area (Å²) in [5.74, 6) is -4.33. The fraction of sp³-hybridized carbons (Fsp3) is 0.367. The average Bonchev–Trinajstić information content (AvgIpc) is 3.55. The average molecular weight is 641 g/mol. The molecule has 2 aromatic carbocycles. The van der Waals surface area contributed by atoms with Crippen molar-refractivity contribution in [2.45, 2.75) is 56.3 Å². The molecular formula is C30H36N6O8S. The maximum atomic E-state index is 13.7. The number of aromatic carboxylic acids is 1. The van der Waals surface area contributed by atoms with Gasteiger partial charge in [-0.1, -0.05) is 67.9 Å². The summed E-state index contributed by atoms with van der Waals surface area (Å²) in [5, 5.41) is 33.7. The molecule has 6 N–H and O–H groups in total. The van der Waals surface area contributed by atoms with Gasteiger partial charge in [-0.25, -0.2) is 14.6 Å². The van der Waals surface area contributed by atoms with Crippen LogP contribution >= 0.6 is 11.8 Å². The maximum Gasteiger partial charge on any atom is 0.341 e. The van der Waals surface area contributed by atoms with Crippen molar-refractivity contribution in [1.82, 2.24) is 31.1 Å². The number of H-pyrrole nitrogens is 1. The van der Waals surface area contributed by atoms with Crippen LogP contribution < -0.4 is 20.7 Å². The molecule has 0 saturated heterocycles. The van der Waals surface area contributed by atoms with Crippen LogP contribution in [0.3, 0.4) is 0 Å². The second kappa shape index (κ2) is 18.0. The predicted molar refractivity (Wildman–Crippen MR) is 164 cm³/mol. The predicted octanol–water partition coefficient (Wildman–Crippen LogP) is 1.82. The Hall–Kier alpha value is -4.92. The number of amides is 3. The Morgan fingerprint density at radius 1 is 0.933 bits per heavy atom. The van der Waals surface area contributed by atoms with Crippen molar-refractivity contribution in [3.63, 3.8) is 0 Å². The van der Waals surface area contributed by atoms with Gasteiger partial charge in [-0.3, -0.25) is 19.5 Å². The zero-order valence-corrected chi connectivity index (χ0v) is 25.5. The van der Waals surface area contributed by atoms with Crippen LogP contribution in [0.25, 0.3) is 0 Å². The van der Waals surface area contributed by atoms with E-state index in [9.17, 15) is 29.1 Å². The minimum absolute atomic E-state index is 0.0383. The molecule has 0 aliphatic carbocycles. The Labute approximate surface area is 263 Å². The number of aliphatic carboxylic acids is 1. The lowest BCUT2D eigenvalue weighted by atomic mass is 10.0. The highest BCUT2D eigenvalue weighted by Gasteiger charge is 2.28. The summed E-state index contributed by atoms with van der Waals surface area (Å²) in [6, 6.07) is 11.0. The molecule has 1 heterocycles. The Kier molecular flexibility index (Phi) is 13.8. The third-order valence-electron chi connectivity index (χ3n) is 6.45. The van der Waals surface area contributed by atoms with Gasteiger partial charge in [-0.15, -0.1) is 0 Å². The Bertz CT molecular complexity index is 1440. The third kappa shape index (κ3) is 11.9. The molecule has 45 heavy (non-hydrogen) atoms. The number of unbranched alkanes of at least 4 members (excludes halogenated alkanes) is 2. The molecule has 3 rings (SSSR count). The molecular weight excluding hydrogens is 604 g/mol. The number of nitrogens with zero attached hydrogens (tertiary/aromatic N) is 2. The number of carbonyl (C=O) groups is 5. The van der Waals surface area contributed by atoms with Gasteiger partial charge in [0.2, 0.25) is 17.7 Å². The van der Waals surface area contributed by atoms with Crippen LogP contribution in [0.5, 0.6) is 5.75 Å². The van der Waals surface area contributed by atoms with Crippen molar-refractivity contribution < 1.29 is 38.9 Å². The van der Waals surface area contributed by atoms with Gasteiger partial charge < -0.3 is 30.9 Å². The molecule has 3 aromatic rings. The van der Waals surface area contributed by atoms with Crippen LogP contribution in [0, 0.1) is 0 Å². The standard InChI is InChI=1S/C30H36N6O8S/c1-2-3-7-12-31-27(40)22(15-20-10-11-24(44-16-26(38)39)21(13-20)29(42)43)35-28(41)23(14-19-8-5-4-6-9-19)34-25(37)17-45-30-32-18-33-36-30/h4-6,8-11,13,18,22-23H,2-3,7,12,14-17H2,1H3,(H,31,40)(H,34,37)(H,35,41)(H,38,39)(H,42,43)(H,32,33,36)/t22-,23-/m0/s1. The summed E-state index contributed by atoms with van der Waals surface area (Å²) in [6.07, 6.45) is 3.95. The number of nitrogens with one attached hydrogen (secondary N) is 4. The quantitative estimate of drug-likeness (QED) is 0.0821. The van der Waals surface area contributed by atoms with E-state index in [0.717, 1.165) is 36.6 Å². The van der Waals surface area contributed by atoms with Crippen molar-refractivity contribution in [3.05, 3.63) is 71.5 Å². The van der Waals surface area contributed by atoms with Crippen LogP contribution in [-0.4, -0.2) is 86.0 Å². The molecule has 0 aliphatic rings. The SMILES string of the molecule is CCCCCNC(=O)[C@H](Cc1ccc(OCC(=O)O)c(C(=O)O)c1)NC(=O)[C@H](Cc1ccccc1)NC(=O)CSc1ncn[nH]1. The Morgan fingerprint density at radius 3 is 2.33 bits per heavy atom. The molecule has 0 bridgehead atoms. The first-order valence-electron chi connectivity index (χ1n) is 14.3. The number of carbonyl (C=O) groups excluding carboxylic acids is 3. The molecule has 240 valence electrons. The minimum atomic E-state index is -1.35. The number of aromatic amines is 1. The van der Waals surface area contributed by atoms with Crippen LogP contribution in [-0.2, 0) is 32.0 Å². The van der Waals surface area contributed by atoms with E-state index in [-0.39, 0.29) is 29.9 Å². The molecule has 2 atom stereocenters. The number of thioether (sulfide) groups is 1. The molecule has 0 saturated carbocycles. The van der Waals surface area contributed by atoms with Gasteiger partial charge >= 0.3 is 11.9 Å². The van der Waals surface area contributed by atoms with E-state index in [0.29, 0.717) is 17.3 Å². The number of benzene rings is 2. The highest BCUT2D eigenvalue weighted by atomic mass is 32.2. The molecule has 0 unspecified atom stereocenters. The molecule has 0 fully saturated rings. The summed E-state index contributed by atoms with van der Waals surface area (Å²) < 4.78 is 5.10. The highest BCUT2D eigenvalue weighted by molar-refractivity contribution is 7.99. The Morgan fingerprint density at radius 2 is 1.67 bits per heavy atom. The van der Waals surface area contributed by atoms with Crippen molar-refractivity contribution in [2.24, 2.45) is 0 Å². The third-order valence-corrected chi connectivity index (χ3v) is 7.32. The number of ether oxygens (including phenoxy) is 1. The number of hydrogen-bond acceptors (Lipinski definition) is 9. The normalized spacial score (nSPS) is 12.0. The van der Waals surface area contributed by atoms with Crippen molar-refractivity contribution in [3.8, 4) is 5.75 Å². The fourth-order valence-corrected chi connectivity index (χ4v) is 4.85. The van der Waals surface area contributed by atoms with Gasteiger partial charge in [0.1, 0.15) is 29.7 Å². The monoisotopic (exact) mass is 640 g/mol. The van der Waals surface area contributed by atoms with E-state index >= 15 is 0 Å². The first-order valence-corrected chi connectivity index (χ1v) is 15.2. The first kappa shape index (κ1) is 34.6. The summed E-state index contributed by atoms with van der Waals surface area (Å²) in [4.78, 5) is 66.6. The first-order chi connectivity index (χ1) is 21.7. The van der Waals surface area contributed by atoms with Gasteiger partial charge in [-0.05, 0) is 29.7 Å². The molecule has 14 nitrogen and oxygen atoms in total. The molecule has 0 aliphatic heterocycles. The highest BCUT2D eigenvalue weighted by Crippen LogP contribution is 2.22. The smallest absolute Gasteiger partial charge is 0.341 e. The fourth-order valence-electron chi connectivity index (χ4n) is 4.26. The van der Waals surface area contributed by atoms with Crippen LogP contribution in [0.1, 0.15) is 47.7 Å². The van der Waals surface area contributed by atoms with Crippen LogP contribution in [0.4, 0.5) is 0 Å². The van der Waals surface area contributed by atoms with Crippen molar-refractivity contribution >= 4 is 41.4 Å². The lowest BCUT2D eigenvalue weighted by molar-refractivity contribution is -0.139. The van der Waals surface area contributed by atoms with Crippen molar-refractivity contribution in [1.29, 1.82) is 0 Å². The van der Waals surface area contributed by atoms with Crippen LogP contribution in [0.15, 0.2) is 60.0 Å². The summed E-state index contributed by atoms with van der Waals surface area (Å²) in [7, 11) is 0. The van der Waals surface area contributed by atoms with E-state index in [2.05, 4.69) is 31.1 Å². The summed E-state index contributed by atoms with van der Waals surface area (Å²) >= 11 is 1.11. The van der Waals surface area contributed by atoms with Gasteiger partial charge in [0.15, 0.2) is 11.8 Å². The lowest BCUT2D eigenvalue weighted by Gasteiger charge is -2.24. The topological polar surface area (TPSA) is 213 Å². The van der Waals surface area contributed by atoms with E-state index in [1.54, 1.807) is 0 Å². The van der Waals surface area contributed by atoms with Crippen LogP contribution in [0.2, 0.25) is 0 Å². The van der Waals surface area contributed by atoms with Gasteiger partial charge in [-0.2, -0.15) is 5.10 Å². The number of hydrogen-bond donors (Lipinski definition) is 6. The van der Waals surface area contributed by atoms with E-state index in [4.69, 9.17) is 9.84 Å². The van der Waals surface area contributed by atoms with Gasteiger partial charge in [0.05, 0.1) is 5.75 Å². The zero-order valence-electron chi connectivity index (χ0n) is 24.7. The van der Waals surface area contributed by atoms with E-state index in [1.165, 1.54) is 24.5 Å². The zero-order chi connectivity index (χ0) is 32.6. The minimum Gasteiger partial charge on any atom is -0.481 e. The maximum absolute atomic E-state index is 13.7. The summed E-state index contributed by atoms with van der Waals surface area (Å²) in [5.41, 5.74) is 0.876. The van der Waals surface area contributed by atoms with E-state index < -0.39 is 48.4 Å². The van der Waals surface area contributed by atoms with Gasteiger partial charge in [0.25, 0.3) is 0 Å². The second-order valence-corrected chi connectivity index (χ2v) is 10.9. The van der Waals surface area contributed by atoms with Gasteiger partial charge in [0, 0.05) is 19.4 Å². The number of aromatic nitrogens is 3. The second-order valence-electron chi connectivity index (χ2n) is 9.97. The number of carboxylic acids is 2. The number of rotatable bonds is 19. The largest absolute Gasteiger partial charge is 0.481 e. The lowest BCUT2D eigenvalue weighted by Crippen LogP contribution is -2.55. The Balaban J connectivity index is 1.82. The molecule has 1 aromatic heterocycles. The van der Waals surface area contributed by atoms with Crippen molar-refractivity contribution in [2.75, 3.05) is 18.9 Å².